The number of hydrogen-bond acceptors (Lipinski definition) is 4. The van der Waals surface area contributed by atoms with Gasteiger partial charge in [-0.05, 0) is 29.9 Å². The molecule has 2 aromatic rings. The summed E-state index contributed by atoms with van der Waals surface area (Å²) >= 11 is 1.49. The van der Waals surface area contributed by atoms with Crippen LogP contribution >= 0.6 is 11.8 Å². The van der Waals surface area contributed by atoms with Crippen LogP contribution in [-0.4, -0.2) is 28.4 Å². The first-order valence-corrected chi connectivity index (χ1v) is 5.73. The van der Waals surface area contributed by atoms with Crippen molar-refractivity contribution in [3.05, 3.63) is 30.5 Å². The second-order valence-electron chi connectivity index (χ2n) is 3.16. The Hall–Kier alpha value is -1.04. The number of thioether (sulfide) groups is 1. The molecule has 0 aliphatic rings. The van der Waals surface area contributed by atoms with E-state index in [9.17, 15) is 10.0 Å². The number of benzene rings is 1. The summed E-state index contributed by atoms with van der Waals surface area (Å²) in [5, 5.41) is 19.4. The Labute approximate surface area is 92.3 Å². The van der Waals surface area contributed by atoms with E-state index in [1.165, 1.54) is 11.8 Å². The van der Waals surface area contributed by atoms with Gasteiger partial charge in [-0.1, -0.05) is 6.07 Å². The van der Waals surface area contributed by atoms with Crippen LogP contribution in [0.4, 0.5) is 0 Å². The van der Waals surface area contributed by atoms with Crippen LogP contribution in [0.15, 0.2) is 35.4 Å². The van der Waals surface area contributed by atoms with Gasteiger partial charge >= 0.3 is 7.12 Å². The summed E-state index contributed by atoms with van der Waals surface area (Å²) in [5.74, 6) is 0. The first kappa shape index (κ1) is 10.5. The van der Waals surface area contributed by atoms with E-state index in [-0.39, 0.29) is 0 Å². The van der Waals surface area contributed by atoms with Crippen molar-refractivity contribution in [3.8, 4) is 0 Å². The standard InChI is InChI=1S/C10H10BNO2S/c1-15-10-5-7-3-2-4-12-9(7)6-8(10)11(13)14/h2-6,13-14H,1H3. The molecule has 1 aromatic carbocycles. The fourth-order valence-electron chi connectivity index (χ4n) is 1.49. The van der Waals surface area contributed by atoms with Crippen LogP contribution in [0.5, 0.6) is 0 Å². The number of hydrogen-bond donors (Lipinski definition) is 2. The van der Waals surface area contributed by atoms with E-state index in [2.05, 4.69) is 4.98 Å². The summed E-state index contributed by atoms with van der Waals surface area (Å²) in [6.07, 6.45) is 3.60. The Balaban J connectivity index is 2.69. The zero-order valence-corrected chi connectivity index (χ0v) is 9.03. The molecule has 0 spiro atoms. The molecule has 3 nitrogen and oxygen atoms in total. The minimum atomic E-state index is -1.45. The monoisotopic (exact) mass is 219 g/mol. The van der Waals surface area contributed by atoms with Crippen molar-refractivity contribution in [1.29, 1.82) is 0 Å². The lowest BCUT2D eigenvalue weighted by molar-refractivity contribution is 0.425. The molecule has 15 heavy (non-hydrogen) atoms. The summed E-state index contributed by atoms with van der Waals surface area (Å²) in [5.41, 5.74) is 1.28. The molecule has 0 bridgehead atoms. The van der Waals surface area contributed by atoms with Crippen LogP contribution in [0, 0.1) is 0 Å². The summed E-state index contributed by atoms with van der Waals surface area (Å²) in [7, 11) is -1.45. The normalized spacial score (nSPS) is 10.6. The van der Waals surface area contributed by atoms with Crippen molar-refractivity contribution in [1.82, 2.24) is 4.98 Å². The molecule has 0 aliphatic carbocycles. The van der Waals surface area contributed by atoms with Gasteiger partial charge < -0.3 is 10.0 Å². The zero-order valence-electron chi connectivity index (χ0n) is 8.21. The zero-order chi connectivity index (χ0) is 10.8. The third-order valence-corrected chi connectivity index (χ3v) is 3.03. The summed E-state index contributed by atoms with van der Waals surface area (Å²) in [4.78, 5) is 5.03. The van der Waals surface area contributed by atoms with Crippen molar-refractivity contribution in [2.24, 2.45) is 0 Å². The predicted molar refractivity (Wildman–Crippen MR) is 63.3 cm³/mol. The molecular weight excluding hydrogens is 209 g/mol. The minimum Gasteiger partial charge on any atom is -0.423 e. The van der Waals surface area contributed by atoms with E-state index >= 15 is 0 Å². The highest BCUT2D eigenvalue weighted by Gasteiger charge is 2.16. The van der Waals surface area contributed by atoms with Gasteiger partial charge in [-0.25, -0.2) is 0 Å². The number of nitrogens with zero attached hydrogens (tertiary/aromatic N) is 1. The average molecular weight is 219 g/mol. The highest BCUT2D eigenvalue weighted by atomic mass is 32.2. The maximum atomic E-state index is 9.21. The van der Waals surface area contributed by atoms with E-state index in [1.54, 1.807) is 12.3 Å². The van der Waals surface area contributed by atoms with Crippen LogP contribution in [0.25, 0.3) is 10.9 Å². The van der Waals surface area contributed by atoms with Gasteiger partial charge in [0.15, 0.2) is 0 Å². The van der Waals surface area contributed by atoms with Crippen LogP contribution in [0.3, 0.4) is 0 Å². The average Bonchev–Trinajstić information content (AvgIpc) is 2.27. The lowest BCUT2D eigenvalue weighted by Gasteiger charge is -2.07. The van der Waals surface area contributed by atoms with Crippen LogP contribution in [0.2, 0.25) is 0 Å². The molecule has 5 heteroatoms. The quantitative estimate of drug-likeness (QED) is 0.574. The largest absolute Gasteiger partial charge is 0.489 e. The molecule has 2 N–H and O–H groups in total. The van der Waals surface area contributed by atoms with Crippen LogP contribution in [-0.2, 0) is 0 Å². The lowest BCUT2D eigenvalue weighted by Crippen LogP contribution is -2.31. The van der Waals surface area contributed by atoms with Gasteiger partial charge in [-0.3, -0.25) is 4.98 Å². The van der Waals surface area contributed by atoms with Crippen LogP contribution < -0.4 is 5.46 Å². The molecule has 1 aromatic heterocycles. The van der Waals surface area contributed by atoms with E-state index in [4.69, 9.17) is 0 Å². The van der Waals surface area contributed by atoms with Gasteiger partial charge in [0.05, 0.1) is 5.52 Å². The van der Waals surface area contributed by atoms with E-state index in [0.29, 0.717) is 5.46 Å². The molecule has 0 fully saturated rings. The number of fused-ring (bicyclic) bond motifs is 1. The fraction of sp³-hybridized carbons (Fsp3) is 0.100. The molecule has 0 unspecified atom stereocenters. The van der Waals surface area contributed by atoms with Gasteiger partial charge in [-0.15, -0.1) is 11.8 Å². The van der Waals surface area contributed by atoms with Gasteiger partial charge in [0.1, 0.15) is 0 Å². The van der Waals surface area contributed by atoms with Crippen molar-refractivity contribution in [2.45, 2.75) is 4.90 Å². The number of aromatic nitrogens is 1. The van der Waals surface area contributed by atoms with Gasteiger partial charge in [0.2, 0.25) is 0 Å². The van der Waals surface area contributed by atoms with Gasteiger partial charge in [-0.2, -0.15) is 0 Å². The van der Waals surface area contributed by atoms with Crippen molar-refractivity contribution >= 4 is 35.2 Å². The van der Waals surface area contributed by atoms with E-state index in [1.807, 2.05) is 24.5 Å². The Bertz CT molecular complexity index is 490. The van der Waals surface area contributed by atoms with Gasteiger partial charge in [0.25, 0.3) is 0 Å². The highest BCUT2D eigenvalue weighted by Crippen LogP contribution is 2.18. The SMILES string of the molecule is CSc1cc2cccnc2cc1B(O)O. The first-order chi connectivity index (χ1) is 7.22. The van der Waals surface area contributed by atoms with E-state index < -0.39 is 7.12 Å². The Kier molecular flexibility index (Phi) is 2.95. The van der Waals surface area contributed by atoms with Crippen molar-refractivity contribution < 1.29 is 10.0 Å². The second-order valence-corrected chi connectivity index (χ2v) is 4.01. The van der Waals surface area contributed by atoms with Gasteiger partial charge in [0, 0.05) is 16.5 Å². The van der Waals surface area contributed by atoms with E-state index in [0.717, 1.165) is 15.8 Å². The minimum absolute atomic E-state index is 0.508. The topological polar surface area (TPSA) is 53.4 Å². The molecular formula is C10H10BNO2S. The summed E-state index contributed by atoms with van der Waals surface area (Å²) < 4.78 is 0. The Morgan fingerprint density at radius 3 is 2.80 bits per heavy atom. The molecule has 0 aliphatic heterocycles. The third-order valence-electron chi connectivity index (χ3n) is 2.23. The molecule has 0 radical (unpaired) electrons. The molecule has 2 rings (SSSR count). The maximum absolute atomic E-state index is 9.21. The van der Waals surface area contributed by atoms with Crippen molar-refractivity contribution in [2.75, 3.05) is 6.26 Å². The molecule has 76 valence electrons. The maximum Gasteiger partial charge on any atom is 0.489 e. The smallest absolute Gasteiger partial charge is 0.423 e. The summed E-state index contributed by atoms with van der Waals surface area (Å²) in [6.45, 7) is 0. The highest BCUT2D eigenvalue weighted by molar-refractivity contribution is 7.98. The molecule has 0 saturated carbocycles. The Morgan fingerprint density at radius 1 is 1.33 bits per heavy atom. The molecule has 0 saturated heterocycles. The first-order valence-electron chi connectivity index (χ1n) is 4.51. The third kappa shape index (κ3) is 1.99. The van der Waals surface area contributed by atoms with Crippen molar-refractivity contribution in [3.63, 3.8) is 0 Å². The predicted octanol–water partition coefficient (Wildman–Crippen LogP) is 0.636. The van der Waals surface area contributed by atoms with Crippen LogP contribution in [0.1, 0.15) is 0 Å². The molecule has 0 atom stereocenters. The molecule has 1 heterocycles. The number of pyridine rings is 1. The summed E-state index contributed by atoms with van der Waals surface area (Å²) in [6, 6.07) is 7.45. The lowest BCUT2D eigenvalue weighted by atomic mass is 9.80. The fourth-order valence-corrected chi connectivity index (χ4v) is 2.14. The Morgan fingerprint density at radius 2 is 2.13 bits per heavy atom. The number of rotatable bonds is 2. The second kappa shape index (κ2) is 4.22. The molecule has 0 amide bonds.